The quantitative estimate of drug-likeness (QED) is 0.609. The van der Waals surface area contributed by atoms with E-state index in [2.05, 4.69) is 11.0 Å². The van der Waals surface area contributed by atoms with Crippen LogP contribution in [-0.4, -0.2) is 57.5 Å². The lowest BCUT2D eigenvalue weighted by atomic mass is 10.1. The molecule has 0 spiro atoms. The van der Waals surface area contributed by atoms with Crippen LogP contribution in [0.1, 0.15) is 5.56 Å². The fourth-order valence-electron chi connectivity index (χ4n) is 3.00. The van der Waals surface area contributed by atoms with Crippen LogP contribution in [0.2, 0.25) is 0 Å². The summed E-state index contributed by atoms with van der Waals surface area (Å²) in [4.78, 5) is 14.9. The second kappa shape index (κ2) is 6.81. The first kappa shape index (κ1) is 15.5. The van der Waals surface area contributed by atoms with Crippen molar-refractivity contribution in [3.05, 3.63) is 27.8 Å². The Bertz CT molecular complexity index is 631. The maximum atomic E-state index is 11.4. The molecule has 0 amide bonds. The minimum absolute atomic E-state index is 0.0274. The Labute approximate surface area is 133 Å². The summed E-state index contributed by atoms with van der Waals surface area (Å²) in [5, 5.41) is 21.1. The van der Waals surface area contributed by atoms with Crippen LogP contribution in [0.3, 0.4) is 0 Å². The molecule has 0 bridgehead atoms. The van der Waals surface area contributed by atoms with Crippen molar-refractivity contribution in [2.75, 3.05) is 62.4 Å². The Morgan fingerprint density at radius 2 is 1.61 bits per heavy atom. The van der Waals surface area contributed by atoms with Gasteiger partial charge >= 0.3 is 0 Å². The van der Waals surface area contributed by atoms with Gasteiger partial charge in [-0.1, -0.05) is 0 Å². The maximum Gasteiger partial charge on any atom is 0.294 e. The van der Waals surface area contributed by atoms with E-state index in [0.717, 1.165) is 5.69 Å². The fourth-order valence-corrected chi connectivity index (χ4v) is 3.00. The number of nitro groups is 1. The largest absolute Gasteiger partial charge is 0.378 e. The summed E-state index contributed by atoms with van der Waals surface area (Å²) < 4.78 is 10.7. The molecule has 0 radical (unpaired) electrons. The van der Waals surface area contributed by atoms with Crippen molar-refractivity contribution in [3.8, 4) is 6.07 Å². The smallest absolute Gasteiger partial charge is 0.294 e. The maximum absolute atomic E-state index is 11.4. The van der Waals surface area contributed by atoms with Gasteiger partial charge in [-0.05, 0) is 6.07 Å². The van der Waals surface area contributed by atoms with Gasteiger partial charge in [0.2, 0.25) is 0 Å². The second-order valence-electron chi connectivity index (χ2n) is 5.40. The second-order valence-corrected chi connectivity index (χ2v) is 5.40. The molecule has 8 heteroatoms. The number of rotatable bonds is 3. The van der Waals surface area contributed by atoms with Gasteiger partial charge in [0.25, 0.3) is 5.69 Å². The normalized spacial score (nSPS) is 18.6. The summed E-state index contributed by atoms with van der Waals surface area (Å²) in [7, 11) is 0. The highest BCUT2D eigenvalue weighted by Crippen LogP contribution is 2.38. The van der Waals surface area contributed by atoms with E-state index in [-0.39, 0.29) is 5.69 Å². The number of nitrogens with zero attached hydrogens (tertiary/aromatic N) is 4. The Kier molecular flexibility index (Phi) is 4.60. The minimum Gasteiger partial charge on any atom is -0.378 e. The molecule has 0 N–H and O–H groups in total. The van der Waals surface area contributed by atoms with Crippen LogP contribution in [0.25, 0.3) is 0 Å². The third-order valence-corrected chi connectivity index (χ3v) is 4.12. The van der Waals surface area contributed by atoms with E-state index in [9.17, 15) is 15.4 Å². The lowest BCUT2D eigenvalue weighted by Gasteiger charge is -2.33. The van der Waals surface area contributed by atoms with E-state index in [1.54, 1.807) is 6.07 Å². The molecule has 2 aliphatic rings. The highest BCUT2D eigenvalue weighted by atomic mass is 16.6. The van der Waals surface area contributed by atoms with E-state index in [1.807, 2.05) is 4.90 Å². The molecular weight excluding hydrogens is 300 g/mol. The number of anilines is 2. The molecule has 23 heavy (non-hydrogen) atoms. The topological polar surface area (TPSA) is 91.9 Å². The van der Waals surface area contributed by atoms with Crippen LogP contribution in [-0.2, 0) is 9.47 Å². The molecule has 0 saturated carbocycles. The summed E-state index contributed by atoms with van der Waals surface area (Å²) in [5.74, 6) is 0. The zero-order chi connectivity index (χ0) is 16.2. The molecule has 2 heterocycles. The molecule has 1 aromatic carbocycles. The standard InChI is InChI=1S/C15H18N4O4/c16-11-12-13(17-3-7-22-8-4-17)1-2-14(19(20)21)15(12)18-5-9-23-10-6-18/h1-2H,3-10H2. The molecule has 2 saturated heterocycles. The molecule has 8 nitrogen and oxygen atoms in total. The highest BCUT2D eigenvalue weighted by Gasteiger charge is 2.29. The van der Waals surface area contributed by atoms with E-state index in [4.69, 9.17) is 9.47 Å². The van der Waals surface area contributed by atoms with Crippen molar-refractivity contribution < 1.29 is 14.4 Å². The Hall–Kier alpha value is -2.37. The average Bonchev–Trinajstić information content (AvgIpc) is 2.61. The minimum atomic E-state index is -0.422. The van der Waals surface area contributed by atoms with Gasteiger partial charge in [-0.15, -0.1) is 0 Å². The average molecular weight is 318 g/mol. The first-order chi connectivity index (χ1) is 11.2. The molecule has 122 valence electrons. The van der Waals surface area contributed by atoms with Crippen molar-refractivity contribution in [2.24, 2.45) is 0 Å². The van der Waals surface area contributed by atoms with E-state index < -0.39 is 4.92 Å². The number of hydrogen-bond acceptors (Lipinski definition) is 7. The van der Waals surface area contributed by atoms with Gasteiger partial charge in [0.05, 0.1) is 37.0 Å². The molecule has 3 rings (SSSR count). The third kappa shape index (κ3) is 3.06. The molecule has 2 aliphatic heterocycles. The van der Waals surface area contributed by atoms with Crippen LogP contribution in [0.5, 0.6) is 0 Å². The van der Waals surface area contributed by atoms with E-state index in [0.29, 0.717) is 63.9 Å². The monoisotopic (exact) mass is 318 g/mol. The van der Waals surface area contributed by atoms with Crippen molar-refractivity contribution in [3.63, 3.8) is 0 Å². The van der Waals surface area contributed by atoms with Crippen molar-refractivity contribution in [1.82, 2.24) is 0 Å². The first-order valence-corrected chi connectivity index (χ1v) is 7.59. The summed E-state index contributed by atoms with van der Waals surface area (Å²) in [5.41, 5.74) is 1.48. The van der Waals surface area contributed by atoms with Crippen LogP contribution < -0.4 is 9.80 Å². The Balaban J connectivity index is 2.08. The van der Waals surface area contributed by atoms with Gasteiger partial charge in [0.1, 0.15) is 17.3 Å². The van der Waals surface area contributed by atoms with E-state index >= 15 is 0 Å². The van der Waals surface area contributed by atoms with Crippen molar-refractivity contribution in [1.29, 1.82) is 5.26 Å². The number of nitriles is 1. The van der Waals surface area contributed by atoms with Crippen molar-refractivity contribution >= 4 is 17.1 Å². The summed E-state index contributed by atoms with van der Waals surface area (Å²) in [6.07, 6.45) is 0. The number of benzene rings is 1. The highest BCUT2D eigenvalue weighted by molar-refractivity contribution is 5.80. The number of morpholine rings is 2. The zero-order valence-corrected chi connectivity index (χ0v) is 12.7. The van der Waals surface area contributed by atoms with Crippen LogP contribution >= 0.6 is 0 Å². The summed E-state index contributed by atoms with van der Waals surface area (Å²) >= 11 is 0. The third-order valence-electron chi connectivity index (χ3n) is 4.12. The summed E-state index contributed by atoms with van der Waals surface area (Å²) in [6, 6.07) is 5.35. The van der Waals surface area contributed by atoms with Crippen LogP contribution in [0.15, 0.2) is 12.1 Å². The van der Waals surface area contributed by atoms with Gasteiger partial charge in [0, 0.05) is 32.2 Å². The van der Waals surface area contributed by atoms with Crippen LogP contribution in [0.4, 0.5) is 17.1 Å². The summed E-state index contributed by atoms with van der Waals surface area (Å²) in [6.45, 7) is 4.63. The number of ether oxygens (including phenoxy) is 2. The van der Waals surface area contributed by atoms with Gasteiger partial charge in [-0.2, -0.15) is 5.26 Å². The van der Waals surface area contributed by atoms with Gasteiger partial charge in [-0.25, -0.2) is 0 Å². The molecule has 0 atom stereocenters. The van der Waals surface area contributed by atoms with Crippen molar-refractivity contribution in [2.45, 2.75) is 0 Å². The number of nitro benzene ring substituents is 1. The Morgan fingerprint density at radius 3 is 2.13 bits per heavy atom. The van der Waals surface area contributed by atoms with Gasteiger partial charge in [-0.3, -0.25) is 10.1 Å². The lowest BCUT2D eigenvalue weighted by molar-refractivity contribution is -0.384. The van der Waals surface area contributed by atoms with Gasteiger partial charge < -0.3 is 19.3 Å². The number of hydrogen-bond donors (Lipinski definition) is 0. The predicted octanol–water partition coefficient (Wildman–Crippen LogP) is 1.14. The molecule has 0 aromatic heterocycles. The molecule has 2 fully saturated rings. The molecule has 1 aromatic rings. The molecule has 0 unspecified atom stereocenters. The molecule has 0 aliphatic carbocycles. The fraction of sp³-hybridized carbons (Fsp3) is 0.533. The zero-order valence-electron chi connectivity index (χ0n) is 12.7. The Morgan fingerprint density at radius 1 is 1.04 bits per heavy atom. The SMILES string of the molecule is N#Cc1c(N2CCOCC2)ccc([N+](=O)[O-])c1N1CCOCC1. The molecular formula is C15H18N4O4. The van der Waals surface area contributed by atoms with Gasteiger partial charge in [0.15, 0.2) is 0 Å². The van der Waals surface area contributed by atoms with Crippen LogP contribution in [0, 0.1) is 21.4 Å². The first-order valence-electron chi connectivity index (χ1n) is 7.59. The predicted molar refractivity (Wildman–Crippen MR) is 83.9 cm³/mol. The lowest BCUT2D eigenvalue weighted by Crippen LogP contribution is -2.39. The van der Waals surface area contributed by atoms with E-state index in [1.165, 1.54) is 6.07 Å².